The summed E-state index contributed by atoms with van der Waals surface area (Å²) in [5.74, 6) is -1.94. The Bertz CT molecular complexity index is 2390. The van der Waals surface area contributed by atoms with Gasteiger partial charge in [0.2, 0.25) is 17.7 Å². The van der Waals surface area contributed by atoms with E-state index in [2.05, 4.69) is 40.7 Å². The molecule has 0 radical (unpaired) electrons. The minimum Gasteiger partial charge on any atom is -0.490 e. The second kappa shape index (κ2) is 26.5. The summed E-state index contributed by atoms with van der Waals surface area (Å²) in [6, 6.07) is 7.22. The third-order valence-electron chi connectivity index (χ3n) is 12.9. The average molecular weight is 1010 g/mol. The molecule has 7 atom stereocenters. The highest BCUT2D eigenvalue weighted by atomic mass is 35.5. The van der Waals surface area contributed by atoms with E-state index in [0.29, 0.717) is 17.9 Å². The Morgan fingerprint density at radius 3 is 2.38 bits per heavy atom. The Balaban J connectivity index is 1.20. The minimum absolute atomic E-state index is 0.0219. The lowest BCUT2D eigenvalue weighted by atomic mass is 9.57. The Morgan fingerprint density at radius 1 is 1.08 bits per heavy atom. The molecular formula is C54H72ClN7O8S. The van der Waals surface area contributed by atoms with Gasteiger partial charge in [0.1, 0.15) is 42.7 Å². The van der Waals surface area contributed by atoms with Gasteiger partial charge in [0.05, 0.1) is 45.8 Å². The molecule has 4 rings (SSSR count). The lowest BCUT2D eigenvalue weighted by molar-refractivity contribution is -0.148. The van der Waals surface area contributed by atoms with Crippen LogP contribution in [0.25, 0.3) is 10.4 Å². The van der Waals surface area contributed by atoms with Crippen molar-refractivity contribution in [1.82, 2.24) is 25.8 Å². The van der Waals surface area contributed by atoms with Gasteiger partial charge in [-0.05, 0) is 61.8 Å². The van der Waals surface area contributed by atoms with Crippen LogP contribution in [0.4, 0.5) is 0 Å². The van der Waals surface area contributed by atoms with Crippen molar-refractivity contribution in [2.24, 2.45) is 22.5 Å². The standard InChI is InChI=1S/C54H72ClN7O8S/c1-12-38(50(65)61-47-35(4)49(54(47,10)11)69-34(3)26-42(55)33(2)28-56)20-18-16-14-13-15-17-19-25-68-31-44(63)60-48(53(7,8)9)52(67)62-30-41(70-45(64)29-57)27-43(62)51(66)59-36(5)39-21-23-40(24-22-39)46-37(6)58-32-71-46/h12,16,18,20-24,26,32,35-36,41,43,47-49H,1-3,13-15,17,19,25,27,29-31,57H2,4-11H3,(H,59,66)(H,60,63)(H,61,65)/b18-16+,38-20+,42-26+/t35?,36-,41+,43-,47-,48?,49-/m0/s1. The van der Waals surface area contributed by atoms with Gasteiger partial charge < -0.3 is 40.8 Å². The van der Waals surface area contributed by atoms with Gasteiger partial charge in [0.15, 0.2) is 0 Å². The zero-order valence-electron chi connectivity index (χ0n) is 42.5. The van der Waals surface area contributed by atoms with E-state index in [1.54, 1.807) is 22.9 Å². The van der Waals surface area contributed by atoms with Gasteiger partial charge in [-0.15, -0.1) is 11.3 Å². The molecule has 2 aliphatic rings. The molecule has 17 heteroatoms. The van der Waals surface area contributed by atoms with E-state index in [4.69, 9.17) is 36.8 Å². The van der Waals surface area contributed by atoms with E-state index >= 15 is 0 Å². The molecule has 5 N–H and O–H groups in total. The maximum atomic E-state index is 14.3. The molecule has 15 nitrogen and oxygen atoms in total. The number of allylic oxidation sites excluding steroid dienone is 6. The number of amides is 4. The number of nitriles is 1. The van der Waals surface area contributed by atoms with Crippen LogP contribution in [0, 0.1) is 35.0 Å². The van der Waals surface area contributed by atoms with Gasteiger partial charge >= 0.3 is 5.97 Å². The summed E-state index contributed by atoms with van der Waals surface area (Å²) in [5, 5.41) is 18.2. The largest absolute Gasteiger partial charge is 0.490 e. The number of nitrogens with one attached hydrogen (secondary N) is 3. The van der Waals surface area contributed by atoms with Crippen LogP contribution < -0.4 is 21.7 Å². The highest BCUT2D eigenvalue weighted by Crippen LogP contribution is 2.48. The molecule has 384 valence electrons. The number of unbranched alkanes of at least 4 members (excludes halogenated alkanes) is 4. The highest BCUT2D eigenvalue weighted by molar-refractivity contribution is 7.13. The number of hydrogen-bond donors (Lipinski definition) is 4. The van der Waals surface area contributed by atoms with Crippen molar-refractivity contribution >= 4 is 52.5 Å². The van der Waals surface area contributed by atoms with Gasteiger partial charge in [0, 0.05) is 36.0 Å². The number of benzene rings is 1. The summed E-state index contributed by atoms with van der Waals surface area (Å²) >= 11 is 7.66. The Morgan fingerprint density at radius 2 is 1.77 bits per heavy atom. The SMILES string of the molecule is C=C/C(=C\C=C\CCCCCCOCC(=O)NC(C(=O)N1C[C@H](OC(=O)CN)C[C@H]1C(=O)N[C@@H](C)c1ccc(-c2scnc2C)cc1)C(C)(C)C)C(=O)N[C@H]1C(C)[C@H](OC(=C)/C=C(/Cl)C(=C)C#N)C1(C)C. The van der Waals surface area contributed by atoms with Crippen molar-refractivity contribution in [3.63, 3.8) is 0 Å². The Kier molecular flexibility index (Phi) is 21.6. The number of likely N-dealkylation sites (tertiary alicyclic amines) is 1. The van der Waals surface area contributed by atoms with Crippen molar-refractivity contribution in [3.05, 3.63) is 113 Å². The predicted octanol–water partition coefficient (Wildman–Crippen LogP) is 8.20. The first-order valence-electron chi connectivity index (χ1n) is 24.0. The molecule has 1 aromatic carbocycles. The van der Waals surface area contributed by atoms with E-state index in [0.717, 1.165) is 53.8 Å². The normalized spacial score (nSPS) is 20.7. The van der Waals surface area contributed by atoms with Crippen LogP contribution in [-0.4, -0.2) is 96.1 Å². The number of rotatable bonds is 25. The first-order valence-corrected chi connectivity index (χ1v) is 25.3. The molecule has 2 aromatic rings. The van der Waals surface area contributed by atoms with E-state index in [-0.39, 0.29) is 60.7 Å². The van der Waals surface area contributed by atoms with Gasteiger partial charge in [-0.3, -0.25) is 24.0 Å². The number of esters is 1. The average Bonchev–Trinajstić information content (AvgIpc) is 3.96. The van der Waals surface area contributed by atoms with Crippen LogP contribution in [-0.2, 0) is 38.2 Å². The summed E-state index contributed by atoms with van der Waals surface area (Å²) in [6.45, 7) is 26.4. The topological polar surface area (TPSA) is 215 Å². The molecule has 0 bridgehead atoms. The lowest BCUT2D eigenvalue weighted by Crippen LogP contribution is -2.68. The van der Waals surface area contributed by atoms with Crippen LogP contribution in [0.1, 0.15) is 104 Å². The number of carbonyl (C=O) groups excluding carboxylic acids is 5. The fourth-order valence-electron chi connectivity index (χ4n) is 8.88. The van der Waals surface area contributed by atoms with Crippen molar-refractivity contribution in [2.75, 3.05) is 26.3 Å². The summed E-state index contributed by atoms with van der Waals surface area (Å²) in [7, 11) is 0. The van der Waals surface area contributed by atoms with Crippen molar-refractivity contribution in [3.8, 4) is 16.5 Å². The zero-order chi connectivity index (χ0) is 52.6. The number of aromatic nitrogens is 1. The highest BCUT2D eigenvalue weighted by Gasteiger charge is 2.57. The quantitative estimate of drug-likeness (QED) is 0.0186. The number of nitrogens with zero attached hydrogens (tertiary/aromatic N) is 3. The maximum absolute atomic E-state index is 14.3. The van der Waals surface area contributed by atoms with E-state index in [1.807, 2.05) is 97.9 Å². The van der Waals surface area contributed by atoms with Gasteiger partial charge in [-0.25, -0.2) is 4.98 Å². The third kappa shape index (κ3) is 16.1. The summed E-state index contributed by atoms with van der Waals surface area (Å²) in [6.07, 6.45) is 11.9. The first kappa shape index (κ1) is 57.7. The van der Waals surface area contributed by atoms with E-state index in [1.165, 1.54) is 17.1 Å². The molecule has 1 saturated carbocycles. The van der Waals surface area contributed by atoms with Crippen LogP contribution >= 0.6 is 22.9 Å². The monoisotopic (exact) mass is 1010 g/mol. The summed E-state index contributed by atoms with van der Waals surface area (Å²) in [4.78, 5) is 73.7. The predicted molar refractivity (Wildman–Crippen MR) is 278 cm³/mol. The van der Waals surface area contributed by atoms with Crippen LogP contribution in [0.15, 0.2) is 102 Å². The molecule has 4 amide bonds. The summed E-state index contributed by atoms with van der Waals surface area (Å²) < 4.78 is 17.3. The Hall–Kier alpha value is -5.86. The first-order chi connectivity index (χ1) is 33.5. The lowest BCUT2D eigenvalue weighted by Gasteiger charge is -2.56. The molecule has 1 aliphatic carbocycles. The third-order valence-corrected chi connectivity index (χ3v) is 14.2. The molecule has 2 fully saturated rings. The van der Waals surface area contributed by atoms with Crippen LogP contribution in [0.3, 0.4) is 0 Å². The molecule has 1 aromatic heterocycles. The van der Waals surface area contributed by atoms with Gasteiger partial charge in [-0.2, -0.15) is 5.26 Å². The van der Waals surface area contributed by atoms with Gasteiger partial charge in [-0.1, -0.05) is 128 Å². The number of halogens is 1. The number of hydrogen-bond acceptors (Lipinski definition) is 12. The molecule has 1 saturated heterocycles. The van der Waals surface area contributed by atoms with Crippen molar-refractivity contribution in [2.45, 2.75) is 130 Å². The molecule has 2 heterocycles. The molecule has 0 spiro atoms. The Labute approximate surface area is 428 Å². The second-order valence-corrected chi connectivity index (χ2v) is 21.0. The number of ether oxygens (including phenoxy) is 3. The number of aryl methyl sites for hydroxylation is 1. The van der Waals surface area contributed by atoms with E-state index in [9.17, 15) is 24.0 Å². The fourth-order valence-corrected chi connectivity index (χ4v) is 9.85. The van der Waals surface area contributed by atoms with Crippen molar-refractivity contribution < 1.29 is 38.2 Å². The molecule has 71 heavy (non-hydrogen) atoms. The maximum Gasteiger partial charge on any atom is 0.320 e. The van der Waals surface area contributed by atoms with Gasteiger partial charge in [0.25, 0.3) is 5.91 Å². The number of nitrogens with two attached hydrogens (primary N) is 1. The summed E-state index contributed by atoms with van der Waals surface area (Å²) in [5.41, 5.74) is 9.56. The number of carbonyl (C=O) groups is 5. The fraction of sp³-hybridized carbons (Fsp3) is 0.500. The molecule has 2 unspecified atom stereocenters. The van der Waals surface area contributed by atoms with Crippen LogP contribution in [0.2, 0.25) is 0 Å². The zero-order valence-corrected chi connectivity index (χ0v) is 44.1. The van der Waals surface area contributed by atoms with Crippen molar-refractivity contribution in [1.29, 1.82) is 5.26 Å². The minimum atomic E-state index is -1.01. The van der Waals surface area contributed by atoms with E-state index < -0.39 is 58.8 Å². The second-order valence-electron chi connectivity index (χ2n) is 19.8. The number of thiazole rings is 1. The smallest absolute Gasteiger partial charge is 0.320 e. The van der Waals surface area contributed by atoms with Crippen LogP contribution in [0.5, 0.6) is 0 Å². The molecule has 1 aliphatic heterocycles. The molecular weight excluding hydrogens is 942 g/mol.